The summed E-state index contributed by atoms with van der Waals surface area (Å²) in [6, 6.07) is 2.59. The summed E-state index contributed by atoms with van der Waals surface area (Å²) in [4.78, 5) is 26.7. The van der Waals surface area contributed by atoms with Gasteiger partial charge < -0.3 is 4.74 Å². The van der Waals surface area contributed by atoms with Crippen LogP contribution in [0.2, 0.25) is 10.0 Å². The molecule has 1 aliphatic rings. The van der Waals surface area contributed by atoms with Crippen LogP contribution in [0.25, 0.3) is 0 Å². The van der Waals surface area contributed by atoms with Gasteiger partial charge in [0.15, 0.2) is 0 Å². The molecule has 11 heteroatoms. The minimum atomic E-state index is -4.44. The summed E-state index contributed by atoms with van der Waals surface area (Å²) in [7, 11) is -4.44. The van der Waals surface area contributed by atoms with Crippen molar-refractivity contribution in [1.29, 1.82) is 0 Å². The first-order valence-corrected chi connectivity index (χ1v) is 10.8. The number of carbonyl (C=O) groups is 2. The number of ether oxygens (including phenoxy) is 1. The van der Waals surface area contributed by atoms with E-state index in [2.05, 4.69) is 0 Å². The number of carbonyl (C=O) groups excluding carboxylic acids is 2. The Morgan fingerprint density at radius 2 is 1.34 bits per heavy atom. The predicted molar refractivity (Wildman–Crippen MR) is 109 cm³/mol. The number of imide groups is 1. The highest BCUT2D eigenvalue weighted by Gasteiger charge is 2.33. The predicted octanol–water partition coefficient (Wildman–Crippen LogP) is 4.28. The first-order valence-electron chi connectivity index (χ1n) is 8.61. The third kappa shape index (κ3) is 8.47. The molecular formula is C18H25Cl2NO7S. The van der Waals surface area contributed by atoms with Crippen LogP contribution >= 0.6 is 23.2 Å². The minimum Gasteiger partial charge on any atom is -0.488 e. The van der Waals surface area contributed by atoms with Crippen LogP contribution in [-0.4, -0.2) is 41.1 Å². The fourth-order valence-corrected chi connectivity index (χ4v) is 3.79. The summed E-state index contributed by atoms with van der Waals surface area (Å²) in [5, 5.41) is 0.513. The summed E-state index contributed by atoms with van der Waals surface area (Å²) >= 11 is 11.5. The lowest BCUT2D eigenvalue weighted by molar-refractivity contribution is -0.218. The van der Waals surface area contributed by atoms with Crippen molar-refractivity contribution in [3.05, 3.63) is 22.2 Å². The van der Waals surface area contributed by atoms with Crippen molar-refractivity contribution >= 4 is 45.1 Å². The number of rotatable bonds is 3. The van der Waals surface area contributed by atoms with Gasteiger partial charge in [-0.25, -0.2) is 0 Å². The topological polar surface area (TPSA) is 110 Å². The lowest BCUT2D eigenvalue weighted by Gasteiger charge is -2.24. The Kier molecular flexibility index (Phi) is 8.12. The molecule has 1 saturated heterocycles. The molecule has 2 amide bonds. The van der Waals surface area contributed by atoms with Crippen LogP contribution in [-0.2, 0) is 24.5 Å². The van der Waals surface area contributed by atoms with Gasteiger partial charge in [-0.05, 0) is 41.5 Å². The smallest absolute Gasteiger partial charge is 0.297 e. The second-order valence-electron chi connectivity index (χ2n) is 8.19. The van der Waals surface area contributed by atoms with Gasteiger partial charge in [0.05, 0.1) is 15.6 Å². The molecule has 2 rings (SSSR count). The Labute approximate surface area is 180 Å². The van der Waals surface area contributed by atoms with Gasteiger partial charge in [0, 0.05) is 25.0 Å². The molecule has 0 unspecified atom stereocenters. The fourth-order valence-electron chi connectivity index (χ4n) is 2.13. The van der Waals surface area contributed by atoms with Crippen LogP contribution < -0.4 is 4.74 Å². The van der Waals surface area contributed by atoms with E-state index in [0.29, 0.717) is 5.75 Å². The zero-order valence-corrected chi connectivity index (χ0v) is 19.4. The zero-order valence-electron chi connectivity index (χ0n) is 17.1. The van der Waals surface area contributed by atoms with Crippen molar-refractivity contribution in [2.75, 3.05) is 0 Å². The van der Waals surface area contributed by atoms with Gasteiger partial charge in [-0.1, -0.05) is 23.2 Å². The van der Waals surface area contributed by atoms with Crippen molar-refractivity contribution in [3.8, 4) is 5.75 Å². The average molecular weight is 470 g/mol. The maximum absolute atomic E-state index is 11.0. The standard InChI is InChI=1S/C10H12Cl2O4S.C8H13NO3/c1-10(2,3)16-6-4-7(11)9(8(12)5-6)17(13,14)15;1-8(2,3)12-9-6(10)4-5-7(9)11/h4-5H,1-3H3,(H,13,14,15);4-5H2,1-3H3. The van der Waals surface area contributed by atoms with E-state index in [1.807, 2.05) is 20.8 Å². The van der Waals surface area contributed by atoms with Crippen LogP contribution in [0.4, 0.5) is 0 Å². The molecule has 29 heavy (non-hydrogen) atoms. The Morgan fingerprint density at radius 1 is 0.931 bits per heavy atom. The Morgan fingerprint density at radius 3 is 1.66 bits per heavy atom. The highest BCUT2D eigenvalue weighted by atomic mass is 35.5. The van der Waals surface area contributed by atoms with Crippen molar-refractivity contribution in [2.24, 2.45) is 0 Å². The van der Waals surface area contributed by atoms with E-state index in [-0.39, 0.29) is 34.7 Å². The second kappa shape index (κ2) is 9.18. The SMILES string of the molecule is CC(C)(C)ON1C(=O)CCC1=O.CC(C)(C)Oc1cc(Cl)c(S(=O)(=O)O)c(Cl)c1. The van der Waals surface area contributed by atoms with Crippen molar-refractivity contribution < 1.29 is 32.1 Å². The molecule has 0 bridgehead atoms. The molecule has 0 radical (unpaired) electrons. The summed E-state index contributed by atoms with van der Waals surface area (Å²) in [5.41, 5.74) is -0.956. The van der Waals surface area contributed by atoms with E-state index in [9.17, 15) is 18.0 Å². The summed E-state index contributed by atoms with van der Waals surface area (Å²) in [6.45, 7) is 10.9. The maximum Gasteiger partial charge on any atom is 0.297 e. The second-order valence-corrected chi connectivity index (χ2v) is 10.4. The van der Waals surface area contributed by atoms with Crippen molar-refractivity contribution in [3.63, 3.8) is 0 Å². The third-order valence-electron chi connectivity index (χ3n) is 3.02. The lowest BCUT2D eigenvalue weighted by atomic mass is 10.2. The molecule has 1 aromatic carbocycles. The molecule has 1 N–H and O–H groups in total. The molecule has 0 saturated carbocycles. The van der Waals surface area contributed by atoms with E-state index >= 15 is 0 Å². The van der Waals surface area contributed by atoms with Crippen molar-refractivity contribution in [1.82, 2.24) is 5.06 Å². The monoisotopic (exact) mass is 469 g/mol. The quantitative estimate of drug-likeness (QED) is 0.519. The minimum absolute atomic E-state index is 0.181. The van der Waals surface area contributed by atoms with E-state index in [4.69, 9.17) is 37.3 Å². The highest BCUT2D eigenvalue weighted by Crippen LogP contribution is 2.34. The van der Waals surface area contributed by atoms with E-state index in [1.165, 1.54) is 12.1 Å². The number of hydroxylamine groups is 2. The first kappa shape index (κ1) is 25.6. The number of amides is 2. The summed E-state index contributed by atoms with van der Waals surface area (Å²) < 4.78 is 36.5. The normalized spacial score (nSPS) is 15.3. The molecule has 1 aliphatic heterocycles. The molecule has 0 aromatic heterocycles. The average Bonchev–Trinajstić information content (AvgIpc) is 2.74. The van der Waals surface area contributed by atoms with Gasteiger partial charge in [-0.2, -0.15) is 13.5 Å². The molecule has 8 nitrogen and oxygen atoms in total. The molecular weight excluding hydrogens is 445 g/mol. The Balaban J connectivity index is 0.000000308. The molecule has 0 atom stereocenters. The number of nitrogens with zero attached hydrogens (tertiary/aromatic N) is 1. The third-order valence-corrected chi connectivity index (χ3v) is 4.80. The lowest BCUT2D eigenvalue weighted by Crippen LogP contribution is -2.37. The van der Waals surface area contributed by atoms with E-state index < -0.39 is 26.2 Å². The molecule has 1 fully saturated rings. The van der Waals surface area contributed by atoms with Crippen LogP contribution in [0.15, 0.2) is 17.0 Å². The largest absolute Gasteiger partial charge is 0.488 e. The van der Waals surface area contributed by atoms with Gasteiger partial charge in [-0.3, -0.25) is 19.0 Å². The van der Waals surface area contributed by atoms with Crippen molar-refractivity contribution in [2.45, 2.75) is 70.5 Å². The molecule has 0 aliphatic carbocycles. The van der Waals surface area contributed by atoms with Crippen LogP contribution in [0.5, 0.6) is 5.75 Å². The van der Waals surface area contributed by atoms with Crippen LogP contribution in [0.3, 0.4) is 0 Å². The number of benzene rings is 1. The Bertz CT molecular complexity index is 847. The van der Waals surface area contributed by atoms with Gasteiger partial charge >= 0.3 is 0 Å². The fraction of sp³-hybridized carbons (Fsp3) is 0.556. The van der Waals surface area contributed by atoms with Crippen LogP contribution in [0.1, 0.15) is 54.4 Å². The number of halogens is 2. The van der Waals surface area contributed by atoms with Gasteiger partial charge in [0.25, 0.3) is 21.9 Å². The van der Waals surface area contributed by atoms with Gasteiger partial charge in [-0.15, -0.1) is 0 Å². The van der Waals surface area contributed by atoms with Gasteiger partial charge in [0.2, 0.25) is 0 Å². The first-order chi connectivity index (χ1) is 12.9. The van der Waals surface area contributed by atoms with Gasteiger partial charge in [0.1, 0.15) is 16.2 Å². The number of hydrogen-bond acceptors (Lipinski definition) is 6. The molecule has 1 heterocycles. The van der Waals surface area contributed by atoms with Crippen LogP contribution in [0, 0.1) is 0 Å². The summed E-state index contributed by atoms with van der Waals surface area (Å²) in [6.07, 6.45) is 0.545. The molecule has 1 aromatic rings. The maximum atomic E-state index is 11.0. The highest BCUT2D eigenvalue weighted by molar-refractivity contribution is 7.86. The van der Waals surface area contributed by atoms with E-state index in [1.54, 1.807) is 20.8 Å². The number of hydrogen-bond donors (Lipinski definition) is 1. The molecule has 164 valence electrons. The van der Waals surface area contributed by atoms with E-state index in [0.717, 1.165) is 5.06 Å². The zero-order chi connectivity index (χ0) is 22.8. The molecule has 0 spiro atoms. The summed E-state index contributed by atoms with van der Waals surface area (Å²) in [5.74, 6) is -0.148. The Hall–Kier alpha value is -1.39.